The van der Waals surface area contributed by atoms with E-state index in [1.807, 2.05) is 55.1 Å². The number of anilines is 2. The first kappa shape index (κ1) is 23.5. The maximum atomic E-state index is 14.2. The van der Waals surface area contributed by atoms with Gasteiger partial charge in [-0.3, -0.25) is 14.3 Å². The van der Waals surface area contributed by atoms with Crippen molar-refractivity contribution in [1.82, 2.24) is 14.5 Å². The van der Waals surface area contributed by atoms with Gasteiger partial charge in [-0.15, -0.1) is 0 Å². The van der Waals surface area contributed by atoms with E-state index in [0.717, 1.165) is 6.07 Å². The van der Waals surface area contributed by atoms with Crippen LogP contribution in [0.3, 0.4) is 0 Å². The van der Waals surface area contributed by atoms with Crippen LogP contribution in [0.25, 0.3) is 16.7 Å². The van der Waals surface area contributed by atoms with Crippen molar-refractivity contribution in [3.8, 4) is 5.69 Å². The molecule has 0 fully saturated rings. The average molecular weight is 467 g/mol. The Morgan fingerprint density at radius 1 is 0.941 bits per heavy atom. The number of para-hydroxylation sites is 2. The van der Waals surface area contributed by atoms with Crippen LogP contribution in [0.1, 0.15) is 25.1 Å². The summed E-state index contributed by atoms with van der Waals surface area (Å²) in [4.78, 5) is 19.7. The molecule has 0 spiro atoms. The number of benzene rings is 2. The molecule has 0 radical (unpaired) electrons. The largest absolute Gasteiger partial charge is 0.417 e. The second kappa shape index (κ2) is 9.69. The second-order valence-corrected chi connectivity index (χ2v) is 7.87. The predicted octanol–water partition coefficient (Wildman–Crippen LogP) is 5.99. The highest BCUT2D eigenvalue weighted by Gasteiger charge is 2.35. The van der Waals surface area contributed by atoms with Crippen molar-refractivity contribution in [1.29, 1.82) is 0 Å². The van der Waals surface area contributed by atoms with Crippen molar-refractivity contribution in [3.05, 3.63) is 94.3 Å². The van der Waals surface area contributed by atoms with Crippen LogP contribution in [0.4, 0.5) is 24.7 Å². The van der Waals surface area contributed by atoms with Gasteiger partial charge in [0.1, 0.15) is 5.82 Å². The van der Waals surface area contributed by atoms with Crippen molar-refractivity contribution in [2.45, 2.75) is 26.6 Å². The SMILES string of the molecule is CCN(CC)Cc1cc(C(F)(F)F)c2c(=O)cc(Nc3ccccc3)n(-c3ccccc3)c2n1. The normalized spacial score (nSPS) is 11.8. The van der Waals surface area contributed by atoms with Crippen molar-refractivity contribution in [2.75, 3.05) is 18.4 Å². The number of aromatic nitrogens is 2. The first-order chi connectivity index (χ1) is 16.3. The number of nitrogens with zero attached hydrogens (tertiary/aromatic N) is 3. The van der Waals surface area contributed by atoms with Gasteiger partial charge in [0, 0.05) is 24.0 Å². The van der Waals surface area contributed by atoms with Gasteiger partial charge in [-0.1, -0.05) is 50.2 Å². The van der Waals surface area contributed by atoms with Crippen LogP contribution in [0.2, 0.25) is 0 Å². The first-order valence-electron chi connectivity index (χ1n) is 11.1. The summed E-state index contributed by atoms with van der Waals surface area (Å²) in [7, 11) is 0. The minimum Gasteiger partial charge on any atom is -0.341 e. The third kappa shape index (κ3) is 4.82. The zero-order valence-corrected chi connectivity index (χ0v) is 18.9. The monoisotopic (exact) mass is 466 g/mol. The summed E-state index contributed by atoms with van der Waals surface area (Å²) in [5.41, 5.74) is -0.207. The molecule has 2 heterocycles. The quantitative estimate of drug-likeness (QED) is 0.364. The molecule has 0 saturated heterocycles. The van der Waals surface area contributed by atoms with Gasteiger partial charge in [0.15, 0.2) is 11.1 Å². The summed E-state index contributed by atoms with van der Waals surface area (Å²) >= 11 is 0. The number of pyridine rings is 2. The molecule has 176 valence electrons. The van der Waals surface area contributed by atoms with Gasteiger partial charge in [0.25, 0.3) is 0 Å². The first-order valence-corrected chi connectivity index (χ1v) is 11.1. The van der Waals surface area contributed by atoms with Gasteiger partial charge in [-0.25, -0.2) is 4.98 Å². The van der Waals surface area contributed by atoms with Crippen LogP contribution in [0.15, 0.2) is 77.6 Å². The highest BCUT2D eigenvalue weighted by atomic mass is 19.4. The number of hydrogen-bond donors (Lipinski definition) is 1. The molecule has 0 atom stereocenters. The van der Waals surface area contributed by atoms with Gasteiger partial charge >= 0.3 is 6.18 Å². The van der Waals surface area contributed by atoms with Crippen LogP contribution in [0, 0.1) is 0 Å². The molecule has 2 aromatic heterocycles. The number of halogens is 3. The zero-order valence-electron chi connectivity index (χ0n) is 18.9. The lowest BCUT2D eigenvalue weighted by Gasteiger charge is -2.22. The third-order valence-corrected chi connectivity index (χ3v) is 5.67. The number of nitrogens with one attached hydrogen (secondary N) is 1. The second-order valence-electron chi connectivity index (χ2n) is 7.87. The Hall–Kier alpha value is -3.65. The summed E-state index contributed by atoms with van der Waals surface area (Å²) in [5, 5.41) is 2.73. The van der Waals surface area contributed by atoms with Crippen LogP contribution < -0.4 is 10.7 Å². The Morgan fingerprint density at radius 2 is 1.56 bits per heavy atom. The van der Waals surface area contributed by atoms with Crippen LogP contribution in [-0.2, 0) is 12.7 Å². The Bertz CT molecular complexity index is 1330. The maximum absolute atomic E-state index is 14.2. The predicted molar refractivity (Wildman–Crippen MR) is 129 cm³/mol. The summed E-state index contributed by atoms with van der Waals surface area (Å²) in [6.07, 6.45) is -4.71. The molecule has 34 heavy (non-hydrogen) atoms. The van der Waals surface area contributed by atoms with Gasteiger partial charge in [0.2, 0.25) is 0 Å². The highest BCUT2D eigenvalue weighted by Crippen LogP contribution is 2.35. The number of hydrogen-bond acceptors (Lipinski definition) is 4. The van der Waals surface area contributed by atoms with Gasteiger partial charge in [-0.2, -0.15) is 13.2 Å². The van der Waals surface area contributed by atoms with Crippen molar-refractivity contribution in [2.24, 2.45) is 0 Å². The van der Waals surface area contributed by atoms with E-state index in [0.29, 0.717) is 30.3 Å². The Morgan fingerprint density at radius 3 is 2.15 bits per heavy atom. The average Bonchev–Trinajstić information content (AvgIpc) is 2.82. The highest BCUT2D eigenvalue weighted by molar-refractivity contribution is 5.84. The van der Waals surface area contributed by atoms with Crippen LogP contribution >= 0.6 is 0 Å². The molecule has 0 aliphatic rings. The molecule has 4 rings (SSSR count). The molecular weight excluding hydrogens is 441 g/mol. The lowest BCUT2D eigenvalue weighted by molar-refractivity contribution is -0.136. The third-order valence-electron chi connectivity index (χ3n) is 5.67. The summed E-state index contributed by atoms with van der Waals surface area (Å²) in [5.74, 6) is 0.329. The molecule has 5 nitrogen and oxygen atoms in total. The Balaban J connectivity index is 2.06. The van der Waals surface area contributed by atoms with E-state index < -0.39 is 22.6 Å². The van der Waals surface area contributed by atoms with E-state index in [2.05, 4.69) is 10.3 Å². The molecule has 0 aliphatic heterocycles. The molecule has 2 aromatic carbocycles. The van der Waals surface area contributed by atoms with Crippen LogP contribution in [-0.4, -0.2) is 27.5 Å². The molecule has 8 heteroatoms. The van der Waals surface area contributed by atoms with Gasteiger partial charge in [-0.05, 0) is 43.4 Å². The molecule has 4 aromatic rings. The van der Waals surface area contributed by atoms with E-state index >= 15 is 0 Å². The molecule has 0 unspecified atom stereocenters. The number of rotatable bonds is 7. The topological polar surface area (TPSA) is 50.2 Å². The number of alkyl halides is 3. The zero-order chi connectivity index (χ0) is 24.3. The van der Waals surface area contributed by atoms with Crippen molar-refractivity contribution >= 4 is 22.5 Å². The molecule has 0 aliphatic carbocycles. The van der Waals surface area contributed by atoms with E-state index in [1.165, 1.54) is 6.07 Å². The summed E-state index contributed by atoms with van der Waals surface area (Å²) < 4.78 is 44.0. The van der Waals surface area contributed by atoms with Gasteiger partial charge in [0.05, 0.1) is 16.6 Å². The lowest BCUT2D eigenvalue weighted by Crippen LogP contribution is -2.24. The lowest BCUT2D eigenvalue weighted by atomic mass is 10.1. The van der Waals surface area contributed by atoms with E-state index in [4.69, 9.17) is 0 Å². The molecule has 0 saturated carbocycles. The van der Waals surface area contributed by atoms with Crippen molar-refractivity contribution < 1.29 is 13.2 Å². The standard InChI is InChI=1S/C26H25F3N4O/c1-3-32(4-2)17-19-15-21(26(27,28)29)24-22(34)16-23(30-18-11-7-5-8-12-18)33(25(24)31-19)20-13-9-6-10-14-20/h5-16,30H,3-4,17H2,1-2H3. The fraction of sp³-hybridized carbons (Fsp3) is 0.231. The molecule has 1 N–H and O–H groups in total. The Kier molecular flexibility index (Phi) is 6.70. The van der Waals surface area contributed by atoms with Crippen LogP contribution in [0.5, 0.6) is 0 Å². The van der Waals surface area contributed by atoms with Gasteiger partial charge < -0.3 is 5.32 Å². The minimum absolute atomic E-state index is 0.0332. The molecule has 0 bridgehead atoms. The van der Waals surface area contributed by atoms with E-state index in [1.54, 1.807) is 28.8 Å². The Labute approximate surface area is 195 Å². The minimum atomic E-state index is -4.71. The molecular formula is C26H25F3N4O. The summed E-state index contributed by atoms with van der Waals surface area (Å²) in [6, 6.07) is 20.3. The molecule has 0 amide bonds. The smallest absolute Gasteiger partial charge is 0.341 e. The summed E-state index contributed by atoms with van der Waals surface area (Å²) in [6.45, 7) is 5.46. The van der Waals surface area contributed by atoms with E-state index in [-0.39, 0.29) is 17.9 Å². The number of fused-ring (bicyclic) bond motifs is 1. The maximum Gasteiger partial charge on any atom is 0.417 e. The fourth-order valence-electron chi connectivity index (χ4n) is 3.94. The fourth-order valence-corrected chi connectivity index (χ4v) is 3.94. The van der Waals surface area contributed by atoms with Crippen molar-refractivity contribution in [3.63, 3.8) is 0 Å². The van der Waals surface area contributed by atoms with E-state index in [9.17, 15) is 18.0 Å².